The van der Waals surface area contributed by atoms with Crippen LogP contribution in [0.5, 0.6) is 0 Å². The van der Waals surface area contributed by atoms with Crippen molar-refractivity contribution in [3.63, 3.8) is 0 Å². The molecule has 0 spiro atoms. The number of ether oxygens (including phenoxy) is 4. The van der Waals surface area contributed by atoms with E-state index in [2.05, 4.69) is 48.5 Å². The summed E-state index contributed by atoms with van der Waals surface area (Å²) in [6.45, 7) is 11.8. The molecule has 96 heavy (non-hydrogen) atoms. The molecule has 0 aromatic heterocycles. The minimum atomic E-state index is -4.96. The summed E-state index contributed by atoms with van der Waals surface area (Å²) in [4.78, 5) is 72.8. The third-order valence-electron chi connectivity index (χ3n) is 17.9. The molecule has 0 saturated carbocycles. The van der Waals surface area contributed by atoms with Crippen molar-refractivity contribution in [1.82, 2.24) is 0 Å². The van der Waals surface area contributed by atoms with E-state index in [0.29, 0.717) is 31.6 Å². The van der Waals surface area contributed by atoms with Crippen LogP contribution in [0.3, 0.4) is 0 Å². The average molecular weight is 1410 g/mol. The Kier molecular flexibility index (Phi) is 66.2. The quantitative estimate of drug-likeness (QED) is 0.0222. The fraction of sp³-hybridized carbons (Fsp3) is 0.948. The van der Waals surface area contributed by atoms with Gasteiger partial charge < -0.3 is 33.8 Å². The third-order valence-corrected chi connectivity index (χ3v) is 19.8. The summed E-state index contributed by atoms with van der Waals surface area (Å²) in [5.41, 5.74) is 0. The number of esters is 4. The molecule has 0 aromatic rings. The van der Waals surface area contributed by atoms with Gasteiger partial charge >= 0.3 is 39.5 Å². The van der Waals surface area contributed by atoms with Gasteiger partial charge in [-0.15, -0.1) is 0 Å². The van der Waals surface area contributed by atoms with Gasteiger partial charge in [0.15, 0.2) is 12.2 Å². The molecule has 2 unspecified atom stereocenters. The van der Waals surface area contributed by atoms with Crippen molar-refractivity contribution < 1.29 is 80.2 Å². The van der Waals surface area contributed by atoms with Crippen LogP contribution < -0.4 is 0 Å². The number of carbonyl (C=O) groups excluding carboxylic acids is 4. The first-order valence-electron chi connectivity index (χ1n) is 39.8. The number of aliphatic hydroxyl groups is 1. The Morgan fingerprint density at radius 3 is 0.708 bits per heavy atom. The van der Waals surface area contributed by atoms with Crippen molar-refractivity contribution in [2.24, 2.45) is 17.8 Å². The van der Waals surface area contributed by atoms with Crippen LogP contribution in [-0.4, -0.2) is 96.7 Å². The van der Waals surface area contributed by atoms with Crippen LogP contribution in [-0.2, 0) is 65.4 Å². The number of phosphoric ester groups is 2. The smallest absolute Gasteiger partial charge is 0.462 e. The third kappa shape index (κ3) is 70.5. The molecule has 17 nitrogen and oxygen atoms in total. The Balaban J connectivity index is 5.18. The van der Waals surface area contributed by atoms with E-state index in [1.165, 1.54) is 199 Å². The zero-order valence-electron chi connectivity index (χ0n) is 62.8. The highest BCUT2D eigenvalue weighted by atomic mass is 31.2. The molecule has 0 bridgehead atoms. The predicted octanol–water partition coefficient (Wildman–Crippen LogP) is 22.6. The summed E-state index contributed by atoms with van der Waals surface area (Å²) in [7, 11) is -9.91. The molecule has 0 aliphatic heterocycles. The molecular formula is C77H150O17P2. The van der Waals surface area contributed by atoms with Gasteiger partial charge in [0.25, 0.3) is 0 Å². The monoisotopic (exact) mass is 1410 g/mol. The van der Waals surface area contributed by atoms with Crippen LogP contribution in [0.15, 0.2) is 0 Å². The molecule has 0 saturated heterocycles. The maximum atomic E-state index is 13.1. The van der Waals surface area contributed by atoms with Crippen molar-refractivity contribution in [3.8, 4) is 0 Å². The molecular weight excluding hydrogens is 1260 g/mol. The van der Waals surface area contributed by atoms with Crippen molar-refractivity contribution in [2.45, 2.75) is 414 Å². The van der Waals surface area contributed by atoms with E-state index in [-0.39, 0.29) is 25.7 Å². The molecule has 0 aromatic carbocycles. The highest BCUT2D eigenvalue weighted by Crippen LogP contribution is 2.45. The minimum absolute atomic E-state index is 0.104. The Labute approximate surface area is 588 Å². The molecule has 0 rings (SSSR count). The van der Waals surface area contributed by atoms with Crippen LogP contribution in [0.2, 0.25) is 0 Å². The fourth-order valence-electron chi connectivity index (χ4n) is 11.8. The highest BCUT2D eigenvalue weighted by molar-refractivity contribution is 7.47. The maximum Gasteiger partial charge on any atom is 0.472 e. The first-order valence-corrected chi connectivity index (χ1v) is 42.8. The van der Waals surface area contributed by atoms with E-state index in [0.717, 1.165) is 108 Å². The van der Waals surface area contributed by atoms with E-state index in [4.69, 9.17) is 37.0 Å². The largest absolute Gasteiger partial charge is 0.472 e. The lowest BCUT2D eigenvalue weighted by molar-refractivity contribution is -0.161. The number of hydrogen-bond acceptors (Lipinski definition) is 15. The number of unbranched alkanes of at least 4 members (excludes halogenated alkanes) is 43. The number of carbonyl (C=O) groups is 4. The van der Waals surface area contributed by atoms with Crippen LogP contribution in [0, 0.1) is 17.8 Å². The van der Waals surface area contributed by atoms with Gasteiger partial charge in [0, 0.05) is 25.7 Å². The predicted molar refractivity (Wildman–Crippen MR) is 391 cm³/mol. The van der Waals surface area contributed by atoms with E-state index >= 15 is 0 Å². The topological polar surface area (TPSA) is 237 Å². The molecule has 570 valence electrons. The number of aliphatic hydroxyl groups excluding tert-OH is 1. The zero-order valence-corrected chi connectivity index (χ0v) is 64.6. The molecule has 0 amide bonds. The lowest BCUT2D eigenvalue weighted by Gasteiger charge is -2.21. The summed E-state index contributed by atoms with van der Waals surface area (Å²) in [5, 5.41) is 10.6. The van der Waals surface area contributed by atoms with Gasteiger partial charge in [-0.2, -0.15) is 0 Å². The van der Waals surface area contributed by atoms with Gasteiger partial charge in [-0.1, -0.05) is 344 Å². The Morgan fingerprint density at radius 1 is 0.281 bits per heavy atom. The second-order valence-corrected chi connectivity index (χ2v) is 32.1. The van der Waals surface area contributed by atoms with Crippen molar-refractivity contribution >= 4 is 39.5 Å². The molecule has 0 radical (unpaired) electrons. The van der Waals surface area contributed by atoms with Crippen LogP contribution >= 0.6 is 15.6 Å². The van der Waals surface area contributed by atoms with Crippen LogP contribution in [0.25, 0.3) is 0 Å². The van der Waals surface area contributed by atoms with E-state index < -0.39 is 97.5 Å². The van der Waals surface area contributed by atoms with Gasteiger partial charge in [0.05, 0.1) is 26.4 Å². The van der Waals surface area contributed by atoms with Gasteiger partial charge in [0.2, 0.25) is 0 Å². The van der Waals surface area contributed by atoms with Gasteiger partial charge in [-0.25, -0.2) is 9.13 Å². The second kappa shape index (κ2) is 67.5. The zero-order chi connectivity index (χ0) is 70.9. The highest BCUT2D eigenvalue weighted by Gasteiger charge is 2.30. The lowest BCUT2D eigenvalue weighted by Crippen LogP contribution is -2.30. The minimum Gasteiger partial charge on any atom is -0.462 e. The Morgan fingerprint density at radius 2 is 0.479 bits per heavy atom. The van der Waals surface area contributed by atoms with Crippen molar-refractivity contribution in [2.75, 3.05) is 39.6 Å². The number of hydrogen-bond donors (Lipinski definition) is 3. The first kappa shape index (κ1) is 94.1. The molecule has 0 heterocycles. The number of phosphoric acid groups is 2. The summed E-state index contributed by atoms with van der Waals surface area (Å²) in [6, 6.07) is 0. The van der Waals surface area contributed by atoms with Crippen LogP contribution in [0.1, 0.15) is 395 Å². The van der Waals surface area contributed by atoms with Crippen molar-refractivity contribution in [1.29, 1.82) is 0 Å². The van der Waals surface area contributed by atoms with Gasteiger partial charge in [-0.05, 0) is 43.4 Å². The van der Waals surface area contributed by atoms with Gasteiger partial charge in [-0.3, -0.25) is 37.3 Å². The van der Waals surface area contributed by atoms with E-state index in [9.17, 15) is 43.2 Å². The summed E-state index contributed by atoms with van der Waals surface area (Å²) < 4.78 is 68.5. The normalized spacial score (nSPS) is 14.1. The molecule has 0 aliphatic carbocycles. The first-order chi connectivity index (χ1) is 46.2. The van der Waals surface area contributed by atoms with Crippen molar-refractivity contribution in [3.05, 3.63) is 0 Å². The van der Waals surface area contributed by atoms with Crippen LogP contribution in [0.4, 0.5) is 0 Å². The lowest BCUT2D eigenvalue weighted by atomic mass is 10.0. The maximum absolute atomic E-state index is 13.1. The fourth-order valence-corrected chi connectivity index (χ4v) is 13.4. The molecule has 5 atom stereocenters. The van der Waals surface area contributed by atoms with Gasteiger partial charge in [0.1, 0.15) is 19.3 Å². The second-order valence-electron chi connectivity index (χ2n) is 29.2. The summed E-state index contributed by atoms with van der Waals surface area (Å²) >= 11 is 0. The molecule has 19 heteroatoms. The standard InChI is InChI=1S/C77H150O17P2/c1-8-9-10-11-12-13-14-15-16-17-18-19-20-21-22-23-24-25-32-37-46-53-60-76(81)93-72(64-87-74(79)58-51-44-36-31-27-26-29-34-41-48-55-68(2)3)66-91-95(83,84)89-62-71(78)63-90-96(85,86)92-67-73(65-88-75(80)59-52-45-40-39-43-50-57-70(6)7)94-77(82)61-54-47-38-33-28-30-35-42-49-56-69(4)5/h68-73,78H,8-67H2,1-7H3,(H,83,84)(H,85,86)/t71-,72-,73-/m1/s1. The average Bonchev–Trinajstić information content (AvgIpc) is 1.09. The Bertz CT molecular complexity index is 1870. The molecule has 3 N–H and O–H groups in total. The number of rotatable bonds is 75. The SMILES string of the molecule is CCCCCCCCCCCCCCCCCCCCCCCCC(=O)O[C@H](COC(=O)CCCCCCCCCCCCC(C)C)COP(=O)(O)OC[C@@H](O)COP(=O)(O)OC[C@@H](COC(=O)CCCCCCCCC(C)C)OC(=O)CCCCCCCCCCCC(C)C. The van der Waals surface area contributed by atoms with E-state index in [1.807, 2.05) is 0 Å². The Hall–Kier alpha value is -1.94. The summed E-state index contributed by atoms with van der Waals surface area (Å²) in [6.07, 6.45) is 54.5. The molecule has 0 aliphatic rings. The molecule has 0 fully saturated rings. The van der Waals surface area contributed by atoms with E-state index in [1.54, 1.807) is 0 Å². The summed E-state index contributed by atoms with van der Waals surface area (Å²) in [5.74, 6) is 0.0524.